The van der Waals surface area contributed by atoms with E-state index in [9.17, 15) is 4.79 Å². The molecule has 5 heteroatoms. The first-order valence-electron chi connectivity index (χ1n) is 2.79. The number of nitrogens with zero attached hydrogens (tertiary/aromatic N) is 2. The lowest BCUT2D eigenvalue weighted by Crippen LogP contribution is -2.04. The van der Waals surface area contributed by atoms with Gasteiger partial charge in [-0.2, -0.15) is 8.75 Å². The molecular weight excluding hydrogens is 152 g/mol. The van der Waals surface area contributed by atoms with Gasteiger partial charge in [0, 0.05) is 0 Å². The number of carbonyl (C=O) groups excluding carboxylic acids is 1. The molecule has 1 aromatic heterocycles. The second kappa shape index (κ2) is 3.26. The Morgan fingerprint density at radius 1 is 1.90 bits per heavy atom. The highest BCUT2D eigenvalue weighted by atomic mass is 32.1. The third kappa shape index (κ3) is 1.51. The second-order valence-electron chi connectivity index (χ2n) is 1.51. The van der Waals surface area contributed by atoms with Gasteiger partial charge < -0.3 is 4.74 Å². The monoisotopic (exact) mass is 158 g/mol. The number of rotatable bonds is 2. The van der Waals surface area contributed by atoms with Gasteiger partial charge in [-0.25, -0.2) is 4.79 Å². The summed E-state index contributed by atoms with van der Waals surface area (Å²) in [4.78, 5) is 10.8. The molecule has 0 N–H and O–H groups in total. The van der Waals surface area contributed by atoms with E-state index >= 15 is 0 Å². The first-order chi connectivity index (χ1) is 4.84. The van der Waals surface area contributed by atoms with E-state index in [1.807, 2.05) is 0 Å². The Bertz CT molecular complexity index is 209. The van der Waals surface area contributed by atoms with E-state index in [1.54, 1.807) is 6.92 Å². The molecule has 0 spiro atoms. The van der Waals surface area contributed by atoms with Crippen LogP contribution in [0, 0.1) is 0 Å². The Labute approximate surface area is 62.2 Å². The number of esters is 1. The van der Waals surface area contributed by atoms with Crippen molar-refractivity contribution in [3.8, 4) is 0 Å². The fraction of sp³-hybridized carbons (Fsp3) is 0.400. The molecule has 0 amide bonds. The summed E-state index contributed by atoms with van der Waals surface area (Å²) in [6, 6.07) is 0. The zero-order valence-electron chi connectivity index (χ0n) is 5.40. The van der Waals surface area contributed by atoms with Gasteiger partial charge in [-0.3, -0.25) is 0 Å². The van der Waals surface area contributed by atoms with E-state index in [2.05, 4.69) is 13.5 Å². The molecule has 0 aromatic carbocycles. The van der Waals surface area contributed by atoms with Crippen LogP contribution in [0.4, 0.5) is 0 Å². The van der Waals surface area contributed by atoms with Gasteiger partial charge in [0.15, 0.2) is 5.69 Å². The maximum Gasteiger partial charge on any atom is 0.359 e. The van der Waals surface area contributed by atoms with Crippen molar-refractivity contribution < 1.29 is 9.53 Å². The molecule has 0 aliphatic carbocycles. The summed E-state index contributed by atoms with van der Waals surface area (Å²) in [5.74, 6) is -0.406. The SMILES string of the molecule is CCOC(=O)c1cnsn1. The molecule has 1 rings (SSSR count). The summed E-state index contributed by atoms with van der Waals surface area (Å²) in [5, 5.41) is 0. The third-order valence-corrected chi connectivity index (χ3v) is 1.32. The largest absolute Gasteiger partial charge is 0.461 e. The Hall–Kier alpha value is -0.970. The van der Waals surface area contributed by atoms with Gasteiger partial charge in [-0.05, 0) is 6.92 Å². The summed E-state index contributed by atoms with van der Waals surface area (Å²) in [5.41, 5.74) is 0.284. The molecule has 0 saturated heterocycles. The topological polar surface area (TPSA) is 52.1 Å². The number of ether oxygens (including phenoxy) is 1. The van der Waals surface area contributed by atoms with Crippen LogP contribution in [0.1, 0.15) is 17.4 Å². The molecule has 0 atom stereocenters. The van der Waals surface area contributed by atoms with Gasteiger partial charge in [0.05, 0.1) is 24.5 Å². The van der Waals surface area contributed by atoms with Crippen LogP contribution in [0.2, 0.25) is 0 Å². The van der Waals surface area contributed by atoms with E-state index in [0.717, 1.165) is 11.7 Å². The average molecular weight is 158 g/mol. The highest BCUT2D eigenvalue weighted by Crippen LogP contribution is 1.96. The summed E-state index contributed by atoms with van der Waals surface area (Å²) >= 11 is 0.993. The first-order valence-corrected chi connectivity index (χ1v) is 3.52. The Kier molecular flexibility index (Phi) is 2.33. The lowest BCUT2D eigenvalue weighted by molar-refractivity contribution is 0.0520. The molecule has 1 aromatic rings. The predicted octanol–water partition coefficient (Wildman–Crippen LogP) is 0.715. The summed E-state index contributed by atoms with van der Waals surface area (Å²) in [6.45, 7) is 2.12. The second-order valence-corrected chi connectivity index (χ2v) is 2.07. The van der Waals surface area contributed by atoms with Crippen molar-refractivity contribution in [1.82, 2.24) is 8.75 Å². The maximum atomic E-state index is 10.8. The zero-order chi connectivity index (χ0) is 7.40. The lowest BCUT2D eigenvalue weighted by Gasteiger charge is -1.94. The minimum atomic E-state index is -0.406. The minimum Gasteiger partial charge on any atom is -0.461 e. The van der Waals surface area contributed by atoms with Crippen LogP contribution in [-0.2, 0) is 4.74 Å². The highest BCUT2D eigenvalue weighted by Gasteiger charge is 2.07. The molecule has 54 valence electrons. The highest BCUT2D eigenvalue weighted by molar-refractivity contribution is 6.99. The number of hydrogen-bond donors (Lipinski definition) is 0. The van der Waals surface area contributed by atoms with E-state index in [4.69, 9.17) is 0 Å². The summed E-state index contributed by atoms with van der Waals surface area (Å²) in [7, 11) is 0. The van der Waals surface area contributed by atoms with Gasteiger partial charge >= 0.3 is 5.97 Å². The van der Waals surface area contributed by atoms with Crippen molar-refractivity contribution in [3.05, 3.63) is 11.9 Å². The number of carbonyl (C=O) groups is 1. The Morgan fingerprint density at radius 2 is 2.70 bits per heavy atom. The fourth-order valence-electron chi connectivity index (χ4n) is 0.460. The van der Waals surface area contributed by atoms with Crippen LogP contribution in [0.15, 0.2) is 6.20 Å². The summed E-state index contributed by atoms with van der Waals surface area (Å²) < 4.78 is 12.0. The van der Waals surface area contributed by atoms with Crippen molar-refractivity contribution in [3.63, 3.8) is 0 Å². The number of hydrogen-bond acceptors (Lipinski definition) is 5. The normalized spacial score (nSPS) is 9.30. The van der Waals surface area contributed by atoms with Crippen molar-refractivity contribution in [1.29, 1.82) is 0 Å². The molecule has 10 heavy (non-hydrogen) atoms. The van der Waals surface area contributed by atoms with E-state index in [-0.39, 0.29) is 5.69 Å². The van der Waals surface area contributed by atoms with Crippen molar-refractivity contribution in [2.24, 2.45) is 0 Å². The quantitative estimate of drug-likeness (QED) is 0.595. The van der Waals surface area contributed by atoms with Crippen LogP contribution < -0.4 is 0 Å². The maximum absolute atomic E-state index is 10.8. The average Bonchev–Trinajstić information content (AvgIpc) is 2.38. The molecule has 0 fully saturated rings. The van der Waals surface area contributed by atoms with Crippen molar-refractivity contribution in [2.75, 3.05) is 6.61 Å². The van der Waals surface area contributed by atoms with Gasteiger partial charge in [0.2, 0.25) is 0 Å². The standard InChI is InChI=1S/C5H6N2O2S/c1-2-9-5(8)4-3-6-10-7-4/h3H,2H2,1H3. The molecule has 0 aliphatic heterocycles. The molecule has 1 heterocycles. The lowest BCUT2D eigenvalue weighted by atomic mass is 10.5. The van der Waals surface area contributed by atoms with Gasteiger partial charge in [-0.15, -0.1) is 0 Å². The van der Waals surface area contributed by atoms with E-state index < -0.39 is 5.97 Å². The van der Waals surface area contributed by atoms with Crippen LogP contribution in [0.5, 0.6) is 0 Å². The van der Waals surface area contributed by atoms with E-state index in [1.165, 1.54) is 6.20 Å². The van der Waals surface area contributed by atoms with Gasteiger partial charge in [0.1, 0.15) is 0 Å². The van der Waals surface area contributed by atoms with Crippen LogP contribution in [0.3, 0.4) is 0 Å². The molecular formula is C5H6N2O2S. The minimum absolute atomic E-state index is 0.284. The summed E-state index contributed by atoms with van der Waals surface area (Å²) in [6.07, 6.45) is 1.39. The molecule has 4 nitrogen and oxygen atoms in total. The first kappa shape index (κ1) is 7.14. The van der Waals surface area contributed by atoms with Gasteiger partial charge in [0.25, 0.3) is 0 Å². The van der Waals surface area contributed by atoms with Crippen LogP contribution >= 0.6 is 11.7 Å². The van der Waals surface area contributed by atoms with Gasteiger partial charge in [-0.1, -0.05) is 0 Å². The molecule has 0 aliphatic rings. The Balaban J connectivity index is 2.59. The van der Waals surface area contributed by atoms with Crippen LogP contribution in [0.25, 0.3) is 0 Å². The Morgan fingerprint density at radius 3 is 3.20 bits per heavy atom. The smallest absolute Gasteiger partial charge is 0.359 e. The predicted molar refractivity (Wildman–Crippen MR) is 35.9 cm³/mol. The third-order valence-electron chi connectivity index (χ3n) is 0.846. The van der Waals surface area contributed by atoms with E-state index in [0.29, 0.717) is 6.61 Å². The van der Waals surface area contributed by atoms with Crippen LogP contribution in [-0.4, -0.2) is 21.3 Å². The zero-order valence-corrected chi connectivity index (χ0v) is 6.22. The fourth-order valence-corrected chi connectivity index (χ4v) is 0.863. The molecule has 0 unspecified atom stereocenters. The van der Waals surface area contributed by atoms with Crippen molar-refractivity contribution >= 4 is 17.7 Å². The number of aromatic nitrogens is 2. The molecule has 0 radical (unpaired) electrons. The van der Waals surface area contributed by atoms with Crippen molar-refractivity contribution in [2.45, 2.75) is 6.92 Å². The molecule has 0 bridgehead atoms. The molecule has 0 saturated carbocycles.